The van der Waals surface area contributed by atoms with Crippen LogP contribution >= 0.6 is 22.9 Å². The number of nitro groups is 2. The quantitative estimate of drug-likeness (QED) is 0.197. The summed E-state index contributed by atoms with van der Waals surface area (Å²) in [5, 5.41) is 30.5. The number of piperidine rings is 1. The minimum atomic E-state index is -0.724. The number of hydrogen-bond donors (Lipinski definition) is 1. The van der Waals surface area contributed by atoms with Gasteiger partial charge in [0.2, 0.25) is 5.88 Å². The van der Waals surface area contributed by atoms with E-state index >= 15 is 0 Å². The molecule has 3 aromatic heterocycles. The second-order valence-electron chi connectivity index (χ2n) is 9.71. The lowest BCUT2D eigenvalue weighted by atomic mass is 10.0. The second-order valence-corrected chi connectivity index (χ2v) is 11.4. The van der Waals surface area contributed by atoms with E-state index in [0.29, 0.717) is 21.8 Å². The molecule has 0 saturated carbocycles. The van der Waals surface area contributed by atoms with Crippen molar-refractivity contribution in [2.75, 3.05) is 13.1 Å². The summed E-state index contributed by atoms with van der Waals surface area (Å²) in [6.07, 6.45) is 0.781. The maximum atomic E-state index is 12.9. The van der Waals surface area contributed by atoms with Crippen LogP contribution in [-0.2, 0) is 6.54 Å². The van der Waals surface area contributed by atoms with Gasteiger partial charge in [0, 0.05) is 48.8 Å². The number of carbonyl (C=O) groups is 1. The monoisotopic (exact) mass is 588 g/mol. The molecule has 1 saturated heterocycles. The number of ether oxygens (including phenoxy) is 1. The number of fused-ring (bicyclic) bond motifs is 1. The van der Waals surface area contributed by atoms with Gasteiger partial charge in [-0.15, -0.1) is 11.3 Å². The van der Waals surface area contributed by atoms with Crippen molar-refractivity contribution >= 4 is 51.3 Å². The Morgan fingerprint density at radius 2 is 1.95 bits per heavy atom. The van der Waals surface area contributed by atoms with Gasteiger partial charge in [-0.05, 0) is 38.8 Å². The van der Waals surface area contributed by atoms with E-state index in [1.807, 2.05) is 0 Å². The molecule has 0 spiro atoms. The van der Waals surface area contributed by atoms with Crippen LogP contribution in [0.15, 0.2) is 40.9 Å². The number of hydrogen-bond acceptors (Lipinski definition) is 10. The zero-order valence-corrected chi connectivity index (χ0v) is 23.1. The Bertz CT molecular complexity index is 1590. The number of nitrogens with one attached hydrogen (secondary N) is 1. The molecule has 1 amide bonds. The predicted octanol–water partition coefficient (Wildman–Crippen LogP) is 5.84. The lowest BCUT2D eigenvalue weighted by molar-refractivity contribution is -0.393. The molecule has 1 aromatic carbocycles. The van der Waals surface area contributed by atoms with Crippen LogP contribution in [0.4, 0.5) is 16.2 Å². The number of aromatic nitrogens is 2. The Hall–Kier alpha value is -4.01. The first-order valence-electron chi connectivity index (χ1n) is 12.5. The van der Waals surface area contributed by atoms with Gasteiger partial charge in [-0.1, -0.05) is 16.8 Å². The van der Waals surface area contributed by atoms with Gasteiger partial charge < -0.3 is 19.5 Å². The van der Waals surface area contributed by atoms with E-state index in [9.17, 15) is 25.0 Å². The molecule has 0 atom stereocenters. The van der Waals surface area contributed by atoms with Gasteiger partial charge in [0.05, 0.1) is 31.7 Å². The van der Waals surface area contributed by atoms with E-state index in [2.05, 4.69) is 29.2 Å². The van der Waals surface area contributed by atoms with E-state index in [-0.39, 0.29) is 29.4 Å². The largest absolute Gasteiger partial charge is 0.414 e. The third-order valence-electron chi connectivity index (χ3n) is 6.80. The van der Waals surface area contributed by atoms with Crippen molar-refractivity contribution in [1.82, 2.24) is 19.9 Å². The highest BCUT2D eigenvalue weighted by Crippen LogP contribution is 2.37. The van der Waals surface area contributed by atoms with Gasteiger partial charge in [0.1, 0.15) is 11.2 Å². The molecule has 210 valence electrons. The van der Waals surface area contributed by atoms with Crippen molar-refractivity contribution in [3.63, 3.8) is 0 Å². The summed E-state index contributed by atoms with van der Waals surface area (Å²) in [6.45, 7) is 5.85. The number of halogens is 1. The zero-order chi connectivity index (χ0) is 28.6. The topological polar surface area (TPSA) is 159 Å². The van der Waals surface area contributed by atoms with E-state index in [1.165, 1.54) is 28.0 Å². The van der Waals surface area contributed by atoms with Crippen molar-refractivity contribution in [3.05, 3.63) is 66.7 Å². The number of nitrogens with zero attached hydrogens (tertiary/aromatic N) is 5. The van der Waals surface area contributed by atoms with Gasteiger partial charge >= 0.3 is 6.09 Å². The first-order chi connectivity index (χ1) is 19.1. The van der Waals surface area contributed by atoms with E-state index in [1.54, 1.807) is 18.2 Å². The van der Waals surface area contributed by atoms with E-state index in [4.69, 9.17) is 20.9 Å². The molecule has 40 heavy (non-hydrogen) atoms. The van der Waals surface area contributed by atoms with Crippen molar-refractivity contribution in [2.24, 2.45) is 0 Å². The Morgan fingerprint density at radius 1 is 1.20 bits per heavy atom. The average molecular weight is 589 g/mol. The second kappa shape index (κ2) is 11.2. The fraction of sp³-hybridized carbons (Fsp3) is 0.360. The van der Waals surface area contributed by atoms with E-state index in [0.717, 1.165) is 36.9 Å². The SMILES string of the molecule is CC(C)N1CCC(NC(=O)Oc2cc3cc([N+](=O)[O-])cc([N+](=O)[O-])c3n2Cc2cc(-c3ccc(Cl)s3)on2)CC1. The number of thiophene rings is 1. The summed E-state index contributed by atoms with van der Waals surface area (Å²) in [4.78, 5) is 38.0. The number of rotatable bonds is 8. The minimum absolute atomic E-state index is 0.0283. The van der Waals surface area contributed by atoms with Crippen molar-refractivity contribution in [3.8, 4) is 16.5 Å². The normalized spacial score (nSPS) is 14.6. The van der Waals surface area contributed by atoms with Crippen LogP contribution < -0.4 is 10.1 Å². The molecule has 1 N–H and O–H groups in total. The smallest absolute Gasteiger partial charge is 0.393 e. The van der Waals surface area contributed by atoms with Crippen LogP contribution in [0.5, 0.6) is 5.88 Å². The fourth-order valence-corrected chi connectivity index (χ4v) is 5.79. The third-order valence-corrected chi connectivity index (χ3v) is 8.05. The molecule has 5 rings (SSSR count). The standard InChI is InChI=1S/C25H25ClN6O7S/c1-14(2)29-7-5-16(6-8-29)27-25(33)38-23-10-15-9-18(31(34)35)12-19(32(36)37)24(15)30(23)13-17-11-20(39-28-17)21-3-4-22(26)40-21/h3-4,9-12,14,16H,5-8,13H2,1-2H3,(H,27,33). The van der Waals surface area contributed by atoms with Crippen LogP contribution in [0.3, 0.4) is 0 Å². The number of likely N-dealkylation sites (tertiary alicyclic amines) is 1. The Kier molecular flexibility index (Phi) is 7.74. The minimum Gasteiger partial charge on any atom is -0.393 e. The molecule has 1 aliphatic rings. The predicted molar refractivity (Wildman–Crippen MR) is 148 cm³/mol. The van der Waals surface area contributed by atoms with Gasteiger partial charge in [-0.3, -0.25) is 24.8 Å². The number of benzene rings is 1. The molecule has 0 radical (unpaired) electrons. The van der Waals surface area contributed by atoms with Crippen molar-refractivity contribution in [1.29, 1.82) is 0 Å². The Morgan fingerprint density at radius 3 is 2.58 bits per heavy atom. The maximum absolute atomic E-state index is 12.9. The highest BCUT2D eigenvalue weighted by atomic mass is 35.5. The number of non-ortho nitro benzene ring substituents is 2. The van der Waals surface area contributed by atoms with Crippen molar-refractivity contribution < 1.29 is 23.9 Å². The molecule has 4 aromatic rings. The van der Waals surface area contributed by atoms with Crippen LogP contribution in [0.2, 0.25) is 4.34 Å². The zero-order valence-electron chi connectivity index (χ0n) is 21.5. The molecular formula is C25H25ClN6O7S. The average Bonchev–Trinajstić information content (AvgIpc) is 3.63. The molecule has 1 aliphatic heterocycles. The van der Waals surface area contributed by atoms with E-state index < -0.39 is 27.3 Å². The maximum Gasteiger partial charge on any atom is 0.414 e. The summed E-state index contributed by atoms with van der Waals surface area (Å²) in [7, 11) is 0. The van der Waals surface area contributed by atoms with Crippen LogP contribution in [0.25, 0.3) is 21.5 Å². The number of amides is 1. The molecule has 4 heterocycles. The Balaban J connectivity index is 1.47. The highest BCUT2D eigenvalue weighted by molar-refractivity contribution is 7.19. The summed E-state index contributed by atoms with van der Waals surface area (Å²) in [6, 6.07) is 8.92. The third kappa shape index (κ3) is 5.78. The van der Waals surface area contributed by atoms with Crippen LogP contribution in [-0.4, -0.2) is 55.7 Å². The molecular weight excluding hydrogens is 564 g/mol. The van der Waals surface area contributed by atoms with Crippen LogP contribution in [0.1, 0.15) is 32.4 Å². The van der Waals surface area contributed by atoms with Gasteiger partial charge in [-0.25, -0.2) is 4.79 Å². The fourth-order valence-electron chi connectivity index (χ4n) is 4.80. The first kappa shape index (κ1) is 27.6. The molecule has 15 heteroatoms. The summed E-state index contributed by atoms with van der Waals surface area (Å²) in [5.74, 6) is 0.417. The number of nitro benzene ring substituents is 2. The lowest BCUT2D eigenvalue weighted by Crippen LogP contribution is -2.47. The van der Waals surface area contributed by atoms with Gasteiger partial charge in [-0.2, -0.15) is 0 Å². The Labute approximate surface area is 236 Å². The van der Waals surface area contributed by atoms with Crippen molar-refractivity contribution in [2.45, 2.75) is 45.3 Å². The molecule has 1 fully saturated rings. The number of carbonyl (C=O) groups excluding carboxylic acids is 1. The summed E-state index contributed by atoms with van der Waals surface area (Å²) >= 11 is 7.32. The first-order valence-corrected chi connectivity index (χ1v) is 13.7. The van der Waals surface area contributed by atoms with Gasteiger partial charge in [0.15, 0.2) is 5.76 Å². The molecule has 13 nitrogen and oxygen atoms in total. The van der Waals surface area contributed by atoms with Gasteiger partial charge in [0.25, 0.3) is 11.4 Å². The molecule has 0 unspecified atom stereocenters. The summed E-state index contributed by atoms with van der Waals surface area (Å²) < 4.78 is 13.0. The van der Waals surface area contributed by atoms with Crippen LogP contribution in [0, 0.1) is 20.2 Å². The molecule has 0 aliphatic carbocycles. The molecule has 0 bridgehead atoms. The summed E-state index contributed by atoms with van der Waals surface area (Å²) in [5.41, 5.74) is -0.528. The highest BCUT2D eigenvalue weighted by Gasteiger charge is 2.28. The lowest BCUT2D eigenvalue weighted by Gasteiger charge is -2.34.